The van der Waals surface area contributed by atoms with Gasteiger partial charge in [-0.3, -0.25) is 19.3 Å². The number of halogens is 2. The third-order valence-corrected chi connectivity index (χ3v) is 6.34. The highest BCUT2D eigenvalue weighted by Crippen LogP contribution is 2.36. The summed E-state index contributed by atoms with van der Waals surface area (Å²) in [5.74, 6) is -2.87. The molecule has 3 aromatic rings. The number of methoxy groups -OCH3 is 1. The minimum absolute atomic E-state index is 0.117. The van der Waals surface area contributed by atoms with Crippen LogP contribution >= 0.6 is 0 Å². The van der Waals surface area contributed by atoms with Gasteiger partial charge in [-0.2, -0.15) is 0 Å². The molecule has 0 radical (unpaired) electrons. The van der Waals surface area contributed by atoms with Crippen LogP contribution in [0.15, 0.2) is 65.6 Å². The van der Waals surface area contributed by atoms with Crippen LogP contribution in [0.25, 0.3) is 0 Å². The summed E-state index contributed by atoms with van der Waals surface area (Å²) in [6.07, 6.45) is -0.284. The van der Waals surface area contributed by atoms with Crippen molar-refractivity contribution in [2.45, 2.75) is 12.2 Å². The summed E-state index contributed by atoms with van der Waals surface area (Å²) < 4.78 is 50.1. The number of carbonyl (C=O) groups excluding carboxylic acids is 2. The topological polar surface area (TPSA) is 99.5 Å². The maximum Gasteiger partial charge on any atom is 0.510 e. The zero-order valence-corrected chi connectivity index (χ0v) is 20.2. The molecule has 12 heteroatoms. The third kappa shape index (κ3) is 4.54. The van der Waals surface area contributed by atoms with Gasteiger partial charge in [0.2, 0.25) is 18.0 Å². The molecule has 0 unspecified atom stereocenters. The molecule has 2 aliphatic rings. The lowest BCUT2D eigenvalue weighted by Gasteiger charge is -2.51. The lowest BCUT2D eigenvalue weighted by Crippen LogP contribution is -2.66. The Balaban J connectivity index is 1.70. The van der Waals surface area contributed by atoms with Gasteiger partial charge >= 0.3 is 6.16 Å². The van der Waals surface area contributed by atoms with Crippen LogP contribution in [-0.2, 0) is 14.2 Å². The Kier molecular flexibility index (Phi) is 6.97. The van der Waals surface area contributed by atoms with E-state index in [-0.39, 0.29) is 31.2 Å². The second kappa shape index (κ2) is 10.5. The molecule has 10 nitrogen and oxygen atoms in total. The maximum atomic E-state index is 14.5. The highest BCUT2D eigenvalue weighted by molar-refractivity contribution is 5.96. The van der Waals surface area contributed by atoms with Crippen molar-refractivity contribution >= 4 is 12.1 Å². The minimum atomic E-state index is -1.03. The van der Waals surface area contributed by atoms with Crippen LogP contribution in [0.5, 0.6) is 5.75 Å². The Morgan fingerprint density at radius 2 is 1.87 bits per heavy atom. The summed E-state index contributed by atoms with van der Waals surface area (Å²) in [6.45, 7) is -0.0908. The van der Waals surface area contributed by atoms with Gasteiger partial charge in [0.15, 0.2) is 17.3 Å². The first-order valence-corrected chi connectivity index (χ1v) is 11.7. The van der Waals surface area contributed by atoms with Crippen LogP contribution in [0.1, 0.15) is 27.7 Å². The van der Waals surface area contributed by atoms with E-state index < -0.39 is 48.1 Å². The molecule has 5 rings (SSSR count). The number of fused-ring (bicyclic) bond motifs is 2. The largest absolute Gasteiger partial charge is 0.510 e. The van der Waals surface area contributed by atoms with E-state index in [1.54, 1.807) is 17.1 Å². The van der Waals surface area contributed by atoms with Crippen molar-refractivity contribution in [3.63, 3.8) is 0 Å². The zero-order valence-electron chi connectivity index (χ0n) is 20.2. The second-order valence-corrected chi connectivity index (χ2v) is 8.48. The van der Waals surface area contributed by atoms with Crippen LogP contribution in [0.2, 0.25) is 0 Å². The van der Waals surface area contributed by atoms with E-state index in [9.17, 15) is 23.2 Å². The molecule has 0 N–H and O–H groups in total. The molecule has 198 valence electrons. The van der Waals surface area contributed by atoms with Crippen LogP contribution in [0.3, 0.4) is 0 Å². The Morgan fingerprint density at radius 1 is 1.08 bits per heavy atom. The monoisotopic (exact) mass is 527 g/mol. The van der Waals surface area contributed by atoms with Crippen molar-refractivity contribution in [2.24, 2.45) is 0 Å². The summed E-state index contributed by atoms with van der Waals surface area (Å²) in [6, 6.07) is 13.1. The molecule has 2 aliphatic heterocycles. The molecule has 1 saturated heterocycles. The number of aromatic nitrogens is 1. The number of carbonyl (C=O) groups is 2. The Bertz CT molecular complexity index is 1420. The highest BCUT2D eigenvalue weighted by Gasteiger charge is 2.45. The lowest BCUT2D eigenvalue weighted by atomic mass is 9.96. The summed E-state index contributed by atoms with van der Waals surface area (Å²) in [5.41, 5.74) is 0.372. The fraction of sp³-hybridized carbons (Fsp3) is 0.269. The van der Waals surface area contributed by atoms with Crippen LogP contribution in [0.4, 0.5) is 13.6 Å². The first-order valence-electron chi connectivity index (χ1n) is 11.7. The number of benzene rings is 2. The Hall–Kier alpha value is -4.45. The zero-order chi connectivity index (χ0) is 26.8. The molecule has 2 aromatic carbocycles. The van der Waals surface area contributed by atoms with Gasteiger partial charge in [-0.1, -0.05) is 36.4 Å². The molecule has 0 saturated carbocycles. The lowest BCUT2D eigenvalue weighted by molar-refractivity contribution is -0.0208. The van der Waals surface area contributed by atoms with Crippen molar-refractivity contribution in [1.29, 1.82) is 0 Å². The van der Waals surface area contributed by atoms with E-state index in [0.717, 1.165) is 19.2 Å². The summed E-state index contributed by atoms with van der Waals surface area (Å²) in [4.78, 5) is 39.4. The van der Waals surface area contributed by atoms with Gasteiger partial charge in [0.25, 0.3) is 5.91 Å². The highest BCUT2D eigenvalue weighted by atomic mass is 19.2. The molecule has 3 heterocycles. The van der Waals surface area contributed by atoms with E-state index in [1.807, 2.05) is 18.2 Å². The summed E-state index contributed by atoms with van der Waals surface area (Å²) >= 11 is 0. The van der Waals surface area contributed by atoms with Crippen molar-refractivity contribution in [3.05, 3.63) is 99.5 Å². The fourth-order valence-electron chi connectivity index (χ4n) is 4.67. The Labute approximate surface area is 215 Å². The van der Waals surface area contributed by atoms with Gasteiger partial charge in [0.05, 0.1) is 26.4 Å². The standard InChI is InChI=1S/C26H23F2N3O7/c1-35-26(34)38-15-37-24-20(32)9-10-30-23(24)25(33)29-11-12-36-14-21(29)31(30)22(16-5-3-2-4-6-16)17-7-8-18(27)19(28)13-17/h2-10,13,21-22H,11-12,14-15H2,1H3/t21-,22+/m1/s1. The molecular formula is C26H23F2N3O7. The normalized spacial score (nSPS) is 17.3. The average Bonchev–Trinajstić information content (AvgIpc) is 2.94. The number of rotatable bonds is 6. The van der Waals surface area contributed by atoms with E-state index in [1.165, 1.54) is 27.9 Å². The van der Waals surface area contributed by atoms with Crippen LogP contribution in [0, 0.1) is 11.6 Å². The molecule has 1 fully saturated rings. The fourth-order valence-corrected chi connectivity index (χ4v) is 4.67. The van der Waals surface area contributed by atoms with Crippen molar-refractivity contribution < 1.29 is 37.3 Å². The molecule has 38 heavy (non-hydrogen) atoms. The molecule has 1 amide bonds. The molecular weight excluding hydrogens is 504 g/mol. The summed E-state index contributed by atoms with van der Waals surface area (Å²) in [7, 11) is 1.11. The first kappa shape index (κ1) is 25.2. The predicted molar refractivity (Wildman–Crippen MR) is 128 cm³/mol. The van der Waals surface area contributed by atoms with Gasteiger partial charge in [-0.05, 0) is 23.3 Å². The number of hydrogen-bond acceptors (Lipinski definition) is 8. The van der Waals surface area contributed by atoms with Gasteiger partial charge in [-0.15, -0.1) is 0 Å². The molecule has 0 aliphatic carbocycles. The van der Waals surface area contributed by atoms with Crippen molar-refractivity contribution in [2.75, 3.05) is 38.7 Å². The van der Waals surface area contributed by atoms with Crippen molar-refractivity contribution in [3.8, 4) is 5.75 Å². The maximum absolute atomic E-state index is 14.5. The van der Waals surface area contributed by atoms with Crippen LogP contribution < -0.4 is 15.2 Å². The third-order valence-electron chi connectivity index (χ3n) is 6.34. The van der Waals surface area contributed by atoms with Crippen LogP contribution in [-0.4, -0.2) is 61.5 Å². The number of amides is 1. The van der Waals surface area contributed by atoms with E-state index >= 15 is 0 Å². The summed E-state index contributed by atoms with van der Waals surface area (Å²) in [5, 5.41) is 1.76. The first-order chi connectivity index (χ1) is 18.4. The van der Waals surface area contributed by atoms with Gasteiger partial charge in [0, 0.05) is 18.8 Å². The molecule has 1 aromatic heterocycles. The van der Waals surface area contributed by atoms with E-state index in [4.69, 9.17) is 14.2 Å². The quantitative estimate of drug-likeness (QED) is 0.357. The van der Waals surface area contributed by atoms with E-state index in [2.05, 4.69) is 4.74 Å². The SMILES string of the molecule is COC(=O)OCOc1c2n(ccc1=O)N([C@@H](c1ccccc1)c1ccc(F)c(F)c1)[C@@H]1COCCN1C2=O. The number of nitrogens with zero attached hydrogens (tertiary/aromatic N) is 3. The number of morpholine rings is 1. The van der Waals surface area contributed by atoms with Crippen molar-refractivity contribution in [1.82, 2.24) is 9.58 Å². The number of hydrogen-bond donors (Lipinski definition) is 0. The molecule has 0 bridgehead atoms. The van der Waals surface area contributed by atoms with Gasteiger partial charge in [0.1, 0.15) is 6.17 Å². The smallest absolute Gasteiger partial charge is 0.451 e. The van der Waals surface area contributed by atoms with Gasteiger partial charge in [-0.25, -0.2) is 13.6 Å². The number of pyridine rings is 1. The Morgan fingerprint density at radius 3 is 2.61 bits per heavy atom. The molecule has 0 spiro atoms. The molecule has 2 atom stereocenters. The number of ether oxygens (including phenoxy) is 4. The van der Waals surface area contributed by atoms with Gasteiger partial charge < -0.3 is 23.8 Å². The predicted octanol–water partition coefficient (Wildman–Crippen LogP) is 2.79. The second-order valence-electron chi connectivity index (χ2n) is 8.48. The minimum Gasteiger partial charge on any atom is -0.451 e. The van der Waals surface area contributed by atoms with E-state index in [0.29, 0.717) is 11.1 Å². The average molecular weight is 527 g/mol.